The van der Waals surface area contributed by atoms with Gasteiger partial charge in [0.05, 0.1) is 30.8 Å². The number of nitrogens with zero attached hydrogens (tertiary/aromatic N) is 2. The molecule has 0 atom stereocenters. The van der Waals surface area contributed by atoms with Gasteiger partial charge in [0.2, 0.25) is 0 Å². The zero-order valence-electron chi connectivity index (χ0n) is 20.6. The molecule has 4 heteroatoms. The summed E-state index contributed by atoms with van der Waals surface area (Å²) in [6.45, 7) is 0. The van der Waals surface area contributed by atoms with Crippen molar-refractivity contribution in [2.24, 2.45) is 0 Å². The molecule has 178 valence electrons. The van der Waals surface area contributed by atoms with E-state index >= 15 is 0 Å². The highest BCUT2D eigenvalue weighted by Crippen LogP contribution is 2.43. The number of fused-ring (bicyclic) bond motifs is 7. The van der Waals surface area contributed by atoms with Gasteiger partial charge in [-0.15, -0.1) is 0 Å². The molecule has 2 aromatic heterocycles. The number of ether oxygens (including phenoxy) is 2. The molecule has 0 N–H and O–H groups in total. The van der Waals surface area contributed by atoms with E-state index in [4.69, 9.17) is 9.47 Å². The van der Waals surface area contributed by atoms with Crippen molar-refractivity contribution in [3.8, 4) is 22.9 Å². The number of methoxy groups -OCH3 is 2. The van der Waals surface area contributed by atoms with Crippen LogP contribution in [0.5, 0.6) is 11.5 Å². The Morgan fingerprint density at radius 2 is 1.31 bits per heavy atom. The lowest BCUT2D eigenvalue weighted by molar-refractivity contribution is 0.414. The summed E-state index contributed by atoms with van der Waals surface area (Å²) in [5, 5.41) is 3.93. The van der Waals surface area contributed by atoms with Gasteiger partial charge in [-0.1, -0.05) is 36.4 Å². The summed E-state index contributed by atoms with van der Waals surface area (Å²) in [7, 11) is 3.46. The van der Waals surface area contributed by atoms with Gasteiger partial charge in [0.1, 0.15) is 11.5 Å². The van der Waals surface area contributed by atoms with Crippen LogP contribution in [0.15, 0.2) is 84.9 Å². The Labute approximate surface area is 210 Å². The van der Waals surface area contributed by atoms with Gasteiger partial charge in [0.25, 0.3) is 0 Å². The second-order valence-electron chi connectivity index (χ2n) is 9.58. The van der Waals surface area contributed by atoms with Gasteiger partial charge in [-0.05, 0) is 67.6 Å². The van der Waals surface area contributed by atoms with E-state index in [1.807, 2.05) is 12.1 Å². The molecule has 4 aromatic carbocycles. The van der Waals surface area contributed by atoms with Gasteiger partial charge in [0.15, 0.2) is 0 Å². The van der Waals surface area contributed by atoms with Gasteiger partial charge in [-0.3, -0.25) is 0 Å². The fourth-order valence-corrected chi connectivity index (χ4v) is 6.14. The Kier molecular flexibility index (Phi) is 4.81. The quantitative estimate of drug-likeness (QED) is 0.264. The monoisotopic (exact) mass is 472 g/mol. The third kappa shape index (κ3) is 3.00. The van der Waals surface area contributed by atoms with Crippen LogP contribution in [-0.2, 0) is 12.8 Å². The zero-order chi connectivity index (χ0) is 24.2. The molecular formula is C32H28N2O2. The predicted octanol–water partition coefficient (Wildman–Crippen LogP) is 7.62. The van der Waals surface area contributed by atoms with Crippen LogP contribution in [0, 0.1) is 0 Å². The van der Waals surface area contributed by atoms with E-state index in [0.29, 0.717) is 0 Å². The lowest BCUT2D eigenvalue weighted by Crippen LogP contribution is -2.07. The lowest BCUT2D eigenvalue weighted by atomic mass is 9.95. The third-order valence-corrected chi connectivity index (χ3v) is 7.69. The molecule has 0 radical (unpaired) electrons. The van der Waals surface area contributed by atoms with E-state index in [1.54, 1.807) is 14.2 Å². The molecule has 1 aliphatic carbocycles. The minimum Gasteiger partial charge on any atom is -0.497 e. The molecule has 7 rings (SSSR count). The topological polar surface area (TPSA) is 28.3 Å². The summed E-state index contributed by atoms with van der Waals surface area (Å²) in [4.78, 5) is 0. The van der Waals surface area contributed by atoms with E-state index in [0.717, 1.165) is 35.7 Å². The van der Waals surface area contributed by atoms with Gasteiger partial charge in [0, 0.05) is 45.4 Å². The molecule has 0 fully saturated rings. The standard InChI is InChI=1S/C32H28N2O2/c1-35-23-11-7-9-21(19-23)33-29-16-6-4-14-27(29)31-30(33)18-17-26-25-13-3-5-15-28(25)34(32(26)31)22-10-8-12-24(20-22)36-2/h4,6-12,14,16-20H,3,5,13,15H2,1-2H3. The highest BCUT2D eigenvalue weighted by Gasteiger charge is 2.25. The summed E-state index contributed by atoms with van der Waals surface area (Å²) in [6.07, 6.45) is 4.69. The minimum absolute atomic E-state index is 0.856. The van der Waals surface area contributed by atoms with E-state index in [9.17, 15) is 0 Å². The van der Waals surface area contributed by atoms with Gasteiger partial charge in [-0.25, -0.2) is 0 Å². The number of aromatic nitrogens is 2. The molecule has 2 heterocycles. The van der Waals surface area contributed by atoms with Crippen LogP contribution < -0.4 is 9.47 Å². The Morgan fingerprint density at radius 1 is 0.611 bits per heavy atom. The Balaban J connectivity index is 1.66. The number of aryl methyl sites for hydroxylation is 1. The maximum atomic E-state index is 5.62. The molecule has 1 aliphatic rings. The average molecular weight is 473 g/mol. The number of rotatable bonds is 4. The minimum atomic E-state index is 0.856. The lowest BCUT2D eigenvalue weighted by Gasteiger charge is -2.17. The van der Waals surface area contributed by atoms with Crippen molar-refractivity contribution in [1.29, 1.82) is 0 Å². The molecule has 0 bridgehead atoms. The fraction of sp³-hybridized carbons (Fsp3) is 0.188. The molecule has 0 amide bonds. The van der Waals surface area contributed by atoms with Crippen molar-refractivity contribution in [3.63, 3.8) is 0 Å². The zero-order valence-corrected chi connectivity index (χ0v) is 20.6. The smallest absolute Gasteiger partial charge is 0.120 e. The molecule has 36 heavy (non-hydrogen) atoms. The predicted molar refractivity (Wildman–Crippen MR) is 147 cm³/mol. The fourth-order valence-electron chi connectivity index (χ4n) is 6.14. The van der Waals surface area contributed by atoms with Crippen LogP contribution in [0.25, 0.3) is 44.1 Å². The molecule has 0 saturated heterocycles. The summed E-state index contributed by atoms with van der Waals surface area (Å²) in [5.74, 6) is 1.74. The maximum Gasteiger partial charge on any atom is 0.120 e. The molecule has 6 aromatic rings. The summed E-state index contributed by atoms with van der Waals surface area (Å²) >= 11 is 0. The first-order valence-corrected chi connectivity index (χ1v) is 12.7. The van der Waals surface area contributed by atoms with E-state index in [1.165, 1.54) is 56.8 Å². The van der Waals surface area contributed by atoms with Crippen LogP contribution in [0.2, 0.25) is 0 Å². The van der Waals surface area contributed by atoms with E-state index < -0.39 is 0 Å². The number of para-hydroxylation sites is 1. The second-order valence-corrected chi connectivity index (χ2v) is 9.58. The van der Waals surface area contributed by atoms with Gasteiger partial charge >= 0.3 is 0 Å². The van der Waals surface area contributed by atoms with Crippen LogP contribution in [0.3, 0.4) is 0 Å². The number of hydrogen-bond donors (Lipinski definition) is 0. The molecule has 0 spiro atoms. The number of benzene rings is 4. The molecule has 0 saturated carbocycles. The first-order chi connectivity index (χ1) is 17.8. The molecule has 4 nitrogen and oxygen atoms in total. The largest absolute Gasteiger partial charge is 0.497 e. The van der Waals surface area contributed by atoms with Crippen LogP contribution in [-0.4, -0.2) is 23.4 Å². The van der Waals surface area contributed by atoms with Crippen LogP contribution in [0.1, 0.15) is 24.1 Å². The Bertz CT molecular complexity index is 1770. The maximum absolute atomic E-state index is 5.62. The first kappa shape index (κ1) is 21.1. The van der Waals surface area contributed by atoms with E-state index in [-0.39, 0.29) is 0 Å². The van der Waals surface area contributed by atoms with Gasteiger partial charge < -0.3 is 18.6 Å². The summed E-state index contributed by atoms with van der Waals surface area (Å²) < 4.78 is 16.1. The van der Waals surface area contributed by atoms with Crippen molar-refractivity contribution in [1.82, 2.24) is 9.13 Å². The van der Waals surface area contributed by atoms with Crippen LogP contribution >= 0.6 is 0 Å². The molecule has 0 aliphatic heterocycles. The van der Waals surface area contributed by atoms with Crippen molar-refractivity contribution in [3.05, 3.63) is 96.2 Å². The first-order valence-electron chi connectivity index (χ1n) is 12.7. The van der Waals surface area contributed by atoms with Gasteiger partial charge in [-0.2, -0.15) is 0 Å². The number of hydrogen-bond acceptors (Lipinski definition) is 2. The summed E-state index contributed by atoms with van der Waals surface area (Å²) in [5.41, 5.74) is 8.90. The average Bonchev–Trinajstić information content (AvgIpc) is 3.46. The second kappa shape index (κ2) is 8.20. The van der Waals surface area contributed by atoms with Crippen molar-refractivity contribution in [2.45, 2.75) is 25.7 Å². The van der Waals surface area contributed by atoms with Crippen molar-refractivity contribution < 1.29 is 9.47 Å². The van der Waals surface area contributed by atoms with E-state index in [2.05, 4.69) is 81.9 Å². The molecule has 0 unspecified atom stereocenters. The third-order valence-electron chi connectivity index (χ3n) is 7.69. The normalized spacial score (nSPS) is 13.4. The highest BCUT2D eigenvalue weighted by molar-refractivity contribution is 6.21. The Hall–Kier alpha value is -4.18. The molecular weight excluding hydrogens is 444 g/mol. The van der Waals surface area contributed by atoms with Crippen molar-refractivity contribution in [2.75, 3.05) is 14.2 Å². The van der Waals surface area contributed by atoms with Crippen LogP contribution in [0.4, 0.5) is 0 Å². The van der Waals surface area contributed by atoms with Crippen molar-refractivity contribution >= 4 is 32.7 Å². The Morgan fingerprint density at radius 3 is 2.06 bits per heavy atom. The SMILES string of the molecule is COc1cccc(-n2c3c(c4ccc5c(c6ccccc6n5-c5cccc(OC)c5)c42)CCCC3)c1. The summed E-state index contributed by atoms with van der Waals surface area (Å²) in [6, 6.07) is 30.2. The highest BCUT2D eigenvalue weighted by atomic mass is 16.5.